The smallest absolute Gasteiger partial charge is 0.230 e. The fraction of sp³-hybridized carbons (Fsp3) is 0.500. The van der Waals surface area contributed by atoms with Crippen molar-refractivity contribution < 1.29 is 9.53 Å². The first-order chi connectivity index (χ1) is 12.8. The van der Waals surface area contributed by atoms with E-state index in [1.807, 2.05) is 4.90 Å². The van der Waals surface area contributed by atoms with Crippen molar-refractivity contribution >= 4 is 28.1 Å². The number of hydrogen-bond acceptors (Lipinski definition) is 5. The third kappa shape index (κ3) is 3.12. The van der Waals surface area contributed by atoms with Crippen molar-refractivity contribution in [1.82, 2.24) is 4.98 Å². The highest BCUT2D eigenvalue weighted by Crippen LogP contribution is 2.38. The predicted octanol–water partition coefficient (Wildman–Crippen LogP) is 3.70. The van der Waals surface area contributed by atoms with E-state index in [2.05, 4.69) is 28.9 Å². The number of aromatic nitrogens is 1. The molecule has 0 bridgehead atoms. The number of ether oxygens (including phenoxy) is 1. The van der Waals surface area contributed by atoms with Gasteiger partial charge in [-0.1, -0.05) is 6.07 Å². The molecule has 1 N–H and O–H groups in total. The second kappa shape index (κ2) is 6.67. The molecule has 1 unspecified atom stereocenters. The number of carbonyl (C=O) groups is 1. The number of carbonyl (C=O) groups excluding carboxylic acids is 1. The average Bonchev–Trinajstić information content (AvgIpc) is 3.06. The van der Waals surface area contributed by atoms with Gasteiger partial charge < -0.3 is 15.0 Å². The highest BCUT2D eigenvalue weighted by atomic mass is 32.1. The molecule has 5 nitrogen and oxygen atoms in total. The van der Waals surface area contributed by atoms with Crippen LogP contribution >= 0.6 is 11.3 Å². The molecule has 1 saturated heterocycles. The summed E-state index contributed by atoms with van der Waals surface area (Å²) in [4.78, 5) is 19.1. The first kappa shape index (κ1) is 16.3. The summed E-state index contributed by atoms with van der Waals surface area (Å²) in [6, 6.07) is 6.39. The summed E-state index contributed by atoms with van der Waals surface area (Å²) in [5.74, 6) is 0.586. The third-order valence-electron chi connectivity index (χ3n) is 5.47. The lowest BCUT2D eigenvalue weighted by molar-refractivity contribution is -0.119. The molecule has 2 fully saturated rings. The van der Waals surface area contributed by atoms with Crippen molar-refractivity contribution in [3.8, 4) is 11.3 Å². The van der Waals surface area contributed by atoms with Crippen LogP contribution in [0.1, 0.15) is 31.2 Å². The molecule has 2 aromatic rings. The van der Waals surface area contributed by atoms with Crippen LogP contribution in [0.3, 0.4) is 0 Å². The van der Waals surface area contributed by atoms with E-state index >= 15 is 0 Å². The number of nitrogens with zero attached hydrogens (tertiary/aromatic N) is 2. The summed E-state index contributed by atoms with van der Waals surface area (Å²) in [5.41, 5.74) is 4.49. The molecule has 1 saturated carbocycles. The first-order valence-corrected chi connectivity index (χ1v) is 10.4. The quantitative estimate of drug-likeness (QED) is 0.873. The molecule has 26 heavy (non-hydrogen) atoms. The lowest BCUT2D eigenvalue weighted by atomic mass is 10.1. The summed E-state index contributed by atoms with van der Waals surface area (Å²) in [5, 5.41) is 6.44. The van der Waals surface area contributed by atoms with E-state index in [1.54, 1.807) is 11.3 Å². The number of rotatable bonds is 5. The highest BCUT2D eigenvalue weighted by molar-refractivity contribution is 7.14. The van der Waals surface area contributed by atoms with Gasteiger partial charge in [0.1, 0.15) is 0 Å². The Labute approximate surface area is 157 Å². The number of benzene rings is 1. The van der Waals surface area contributed by atoms with Crippen LogP contribution in [0.4, 0.5) is 10.8 Å². The molecule has 1 atom stereocenters. The van der Waals surface area contributed by atoms with E-state index in [0.717, 1.165) is 73.9 Å². The van der Waals surface area contributed by atoms with Crippen molar-refractivity contribution in [3.05, 3.63) is 29.1 Å². The maximum atomic E-state index is 12.4. The van der Waals surface area contributed by atoms with Crippen LogP contribution in [0.5, 0.6) is 0 Å². The molecule has 2 aliphatic heterocycles. The standard InChI is InChI=1S/C20H23N3O2S/c24-19(13-3-4-13)23-8-7-15-10-14(5-6-18(15)23)17-12-26-20(22-17)21-11-16-2-1-9-25-16/h5-6,10,12-13,16H,1-4,7-9,11H2,(H,21,22). The Hall–Kier alpha value is -1.92. The first-order valence-electron chi connectivity index (χ1n) is 9.53. The second-order valence-electron chi connectivity index (χ2n) is 7.41. The van der Waals surface area contributed by atoms with Gasteiger partial charge in [0.15, 0.2) is 5.13 Å². The lowest BCUT2D eigenvalue weighted by Gasteiger charge is -2.17. The van der Waals surface area contributed by atoms with Crippen LogP contribution in [0.2, 0.25) is 0 Å². The molecular formula is C20H23N3O2S. The minimum absolute atomic E-state index is 0.275. The van der Waals surface area contributed by atoms with Crippen LogP contribution in [-0.4, -0.2) is 36.7 Å². The van der Waals surface area contributed by atoms with Crippen LogP contribution in [0.25, 0.3) is 11.3 Å². The number of nitrogens with one attached hydrogen (secondary N) is 1. The molecule has 1 aromatic carbocycles. The fourth-order valence-corrected chi connectivity index (χ4v) is 4.56. The number of amides is 1. The van der Waals surface area contributed by atoms with Gasteiger partial charge in [0.25, 0.3) is 0 Å². The Kier molecular flexibility index (Phi) is 4.17. The van der Waals surface area contributed by atoms with Crippen molar-refractivity contribution in [3.63, 3.8) is 0 Å². The second-order valence-corrected chi connectivity index (χ2v) is 8.27. The Morgan fingerprint density at radius 1 is 1.35 bits per heavy atom. The largest absolute Gasteiger partial charge is 0.376 e. The average molecular weight is 369 g/mol. The zero-order valence-corrected chi connectivity index (χ0v) is 15.6. The minimum Gasteiger partial charge on any atom is -0.376 e. The van der Waals surface area contributed by atoms with Gasteiger partial charge in [-0.05, 0) is 49.8 Å². The predicted molar refractivity (Wildman–Crippen MR) is 104 cm³/mol. The van der Waals surface area contributed by atoms with Crippen LogP contribution in [-0.2, 0) is 16.0 Å². The number of fused-ring (bicyclic) bond motifs is 1. The van der Waals surface area contributed by atoms with Gasteiger partial charge in [0.05, 0.1) is 11.8 Å². The van der Waals surface area contributed by atoms with Crippen molar-refractivity contribution in [1.29, 1.82) is 0 Å². The van der Waals surface area contributed by atoms with Gasteiger partial charge in [-0.2, -0.15) is 0 Å². The van der Waals surface area contributed by atoms with E-state index in [9.17, 15) is 4.79 Å². The Morgan fingerprint density at radius 2 is 2.27 bits per heavy atom. The van der Waals surface area contributed by atoms with Crippen LogP contribution in [0.15, 0.2) is 23.6 Å². The summed E-state index contributed by atoms with van der Waals surface area (Å²) >= 11 is 1.64. The maximum Gasteiger partial charge on any atom is 0.230 e. The van der Waals surface area contributed by atoms with Gasteiger partial charge in [-0.15, -0.1) is 11.3 Å². The summed E-state index contributed by atoms with van der Waals surface area (Å²) in [7, 11) is 0. The molecule has 0 radical (unpaired) electrons. The molecule has 1 aliphatic carbocycles. The molecule has 3 aliphatic rings. The number of anilines is 2. The van der Waals surface area contributed by atoms with E-state index < -0.39 is 0 Å². The Balaban J connectivity index is 1.29. The van der Waals surface area contributed by atoms with Gasteiger partial charge >= 0.3 is 0 Å². The topological polar surface area (TPSA) is 54.5 Å². The highest BCUT2D eigenvalue weighted by Gasteiger charge is 2.36. The zero-order chi connectivity index (χ0) is 17.5. The van der Waals surface area contributed by atoms with E-state index in [4.69, 9.17) is 9.72 Å². The van der Waals surface area contributed by atoms with E-state index in [0.29, 0.717) is 12.0 Å². The normalized spacial score (nSPS) is 21.8. The molecule has 1 amide bonds. The van der Waals surface area contributed by atoms with Gasteiger partial charge in [0.2, 0.25) is 5.91 Å². The summed E-state index contributed by atoms with van der Waals surface area (Å²) in [6.45, 7) is 2.53. The van der Waals surface area contributed by atoms with Crippen LogP contribution in [0, 0.1) is 5.92 Å². The third-order valence-corrected chi connectivity index (χ3v) is 6.27. The molecule has 1 aromatic heterocycles. The van der Waals surface area contributed by atoms with Crippen molar-refractivity contribution in [2.24, 2.45) is 5.92 Å². The van der Waals surface area contributed by atoms with Gasteiger partial charge in [0, 0.05) is 42.2 Å². The monoisotopic (exact) mass is 369 g/mol. The minimum atomic E-state index is 0.275. The maximum absolute atomic E-state index is 12.4. The van der Waals surface area contributed by atoms with Gasteiger partial charge in [-0.3, -0.25) is 4.79 Å². The molecule has 5 rings (SSSR count). The molecule has 0 spiro atoms. The fourth-order valence-electron chi connectivity index (χ4n) is 3.83. The molecular weight excluding hydrogens is 346 g/mol. The summed E-state index contributed by atoms with van der Waals surface area (Å²) in [6.07, 6.45) is 5.66. The van der Waals surface area contributed by atoms with Crippen molar-refractivity contribution in [2.75, 3.05) is 29.9 Å². The van der Waals surface area contributed by atoms with Crippen molar-refractivity contribution in [2.45, 2.75) is 38.2 Å². The van der Waals surface area contributed by atoms with Crippen LogP contribution < -0.4 is 10.2 Å². The van der Waals surface area contributed by atoms with E-state index in [1.165, 1.54) is 5.56 Å². The Morgan fingerprint density at radius 3 is 3.08 bits per heavy atom. The Bertz CT molecular complexity index is 824. The number of thiazole rings is 1. The lowest BCUT2D eigenvalue weighted by Crippen LogP contribution is -2.30. The molecule has 6 heteroatoms. The zero-order valence-electron chi connectivity index (χ0n) is 14.7. The van der Waals surface area contributed by atoms with Gasteiger partial charge in [-0.25, -0.2) is 4.98 Å². The summed E-state index contributed by atoms with van der Waals surface area (Å²) < 4.78 is 5.65. The number of hydrogen-bond donors (Lipinski definition) is 1. The SMILES string of the molecule is O=C(C1CC1)N1CCc2cc(-c3csc(NCC4CCCO4)n3)ccc21. The molecule has 136 valence electrons. The molecule has 3 heterocycles. The van der Waals surface area contributed by atoms with E-state index in [-0.39, 0.29) is 5.92 Å².